The topological polar surface area (TPSA) is 78.9 Å². The second-order valence-corrected chi connectivity index (χ2v) is 8.46. The average Bonchev–Trinajstić information content (AvgIpc) is 3.51. The molecule has 168 valence electrons. The molecule has 6 nitrogen and oxygen atoms in total. The summed E-state index contributed by atoms with van der Waals surface area (Å²) in [7, 11) is 0. The molecule has 0 saturated heterocycles. The first-order chi connectivity index (χ1) is 15.8. The van der Waals surface area contributed by atoms with E-state index in [1.807, 2.05) is 26.0 Å². The maximum Gasteiger partial charge on any atom is 0.379 e. The third kappa shape index (κ3) is 4.82. The molecule has 0 spiro atoms. The molecule has 0 amide bonds. The van der Waals surface area contributed by atoms with E-state index in [2.05, 4.69) is 0 Å². The molecule has 0 atom stereocenters. The molecule has 0 fully saturated rings. The van der Waals surface area contributed by atoms with Gasteiger partial charge in [0, 0.05) is 5.41 Å². The van der Waals surface area contributed by atoms with Crippen molar-refractivity contribution in [1.29, 1.82) is 0 Å². The Balaban J connectivity index is 1.53. The van der Waals surface area contributed by atoms with Gasteiger partial charge < -0.3 is 18.3 Å². The lowest BCUT2D eigenvalue weighted by molar-refractivity contribution is 0.0693. The average molecular weight is 485 g/mol. The van der Waals surface area contributed by atoms with Crippen LogP contribution in [-0.2, 0) is 5.41 Å². The summed E-state index contributed by atoms with van der Waals surface area (Å²) in [5.74, 6) is -0.677. The molecular weight excluding hydrogens is 467 g/mol. The number of benzene rings is 2. The number of carbonyl (C=O) groups excluding carboxylic acids is 2. The third-order valence-electron chi connectivity index (χ3n) is 5.16. The van der Waals surface area contributed by atoms with Crippen LogP contribution in [0, 0.1) is 0 Å². The highest BCUT2D eigenvalue weighted by Gasteiger charge is 2.26. The Hall–Kier alpha value is -3.48. The van der Waals surface area contributed by atoms with Crippen LogP contribution in [0.25, 0.3) is 0 Å². The van der Waals surface area contributed by atoms with Crippen LogP contribution in [0.5, 0.6) is 11.5 Å². The predicted octanol–water partition coefficient (Wildman–Crippen LogP) is 6.94. The van der Waals surface area contributed by atoms with E-state index in [4.69, 9.17) is 41.5 Å². The first-order valence-corrected chi connectivity index (χ1v) is 10.6. The molecule has 0 bridgehead atoms. The van der Waals surface area contributed by atoms with E-state index in [9.17, 15) is 9.59 Å². The first-order valence-electron chi connectivity index (χ1n) is 9.87. The first kappa shape index (κ1) is 22.7. The highest BCUT2D eigenvalue weighted by Crippen LogP contribution is 2.38. The molecule has 2 heterocycles. The Morgan fingerprint density at radius 1 is 0.727 bits per heavy atom. The van der Waals surface area contributed by atoms with Crippen molar-refractivity contribution in [1.82, 2.24) is 0 Å². The molecule has 0 saturated carbocycles. The lowest BCUT2D eigenvalue weighted by Crippen LogP contribution is -2.19. The molecule has 2 aromatic heterocycles. The number of furan rings is 2. The maximum atomic E-state index is 12.1. The van der Waals surface area contributed by atoms with Crippen molar-refractivity contribution >= 4 is 35.1 Å². The minimum Gasteiger partial charge on any atom is -0.457 e. The summed E-state index contributed by atoms with van der Waals surface area (Å²) in [6, 6.07) is 16.5. The number of ether oxygens (including phenoxy) is 2. The molecule has 0 aliphatic heterocycles. The van der Waals surface area contributed by atoms with Crippen LogP contribution in [0.15, 0.2) is 82.0 Å². The van der Waals surface area contributed by atoms with E-state index < -0.39 is 17.4 Å². The zero-order valence-corrected chi connectivity index (χ0v) is 19.1. The largest absolute Gasteiger partial charge is 0.457 e. The van der Waals surface area contributed by atoms with E-state index in [1.54, 1.807) is 36.4 Å². The third-order valence-corrected chi connectivity index (χ3v) is 5.75. The highest BCUT2D eigenvalue weighted by molar-refractivity contribution is 6.32. The molecule has 4 rings (SSSR count). The van der Waals surface area contributed by atoms with Gasteiger partial charge in [-0.3, -0.25) is 0 Å². The zero-order valence-electron chi connectivity index (χ0n) is 17.6. The normalized spacial score (nSPS) is 11.3. The lowest BCUT2D eigenvalue weighted by Gasteiger charge is -2.27. The van der Waals surface area contributed by atoms with Gasteiger partial charge in [0.2, 0.25) is 11.5 Å². The van der Waals surface area contributed by atoms with E-state index >= 15 is 0 Å². The van der Waals surface area contributed by atoms with Gasteiger partial charge in [-0.15, -0.1) is 0 Å². The monoisotopic (exact) mass is 484 g/mol. The van der Waals surface area contributed by atoms with Crippen molar-refractivity contribution < 1.29 is 27.9 Å². The smallest absolute Gasteiger partial charge is 0.379 e. The molecular formula is C25H18Cl2O6. The van der Waals surface area contributed by atoms with Crippen molar-refractivity contribution in [3.05, 3.63) is 106 Å². The van der Waals surface area contributed by atoms with Crippen LogP contribution in [0.2, 0.25) is 10.0 Å². The van der Waals surface area contributed by atoms with Gasteiger partial charge in [-0.25, -0.2) is 9.59 Å². The number of rotatable bonds is 6. The summed E-state index contributed by atoms with van der Waals surface area (Å²) >= 11 is 12.8. The van der Waals surface area contributed by atoms with Gasteiger partial charge in [0.25, 0.3) is 0 Å². The van der Waals surface area contributed by atoms with Crippen molar-refractivity contribution in [3.63, 3.8) is 0 Å². The summed E-state index contributed by atoms with van der Waals surface area (Å²) < 4.78 is 20.7. The van der Waals surface area contributed by atoms with E-state index in [0.717, 1.165) is 11.1 Å². The zero-order chi connectivity index (χ0) is 23.6. The fourth-order valence-corrected chi connectivity index (χ4v) is 3.64. The maximum absolute atomic E-state index is 12.1. The molecule has 0 unspecified atom stereocenters. The van der Waals surface area contributed by atoms with E-state index in [1.165, 1.54) is 24.7 Å². The second-order valence-electron chi connectivity index (χ2n) is 7.65. The van der Waals surface area contributed by atoms with Crippen molar-refractivity contribution in [2.75, 3.05) is 0 Å². The fourth-order valence-electron chi connectivity index (χ4n) is 3.20. The van der Waals surface area contributed by atoms with Gasteiger partial charge in [0.15, 0.2) is 0 Å². The van der Waals surface area contributed by atoms with Crippen molar-refractivity contribution in [2.45, 2.75) is 19.3 Å². The predicted molar refractivity (Wildman–Crippen MR) is 122 cm³/mol. The van der Waals surface area contributed by atoms with Crippen LogP contribution in [0.3, 0.4) is 0 Å². The number of hydrogen-bond donors (Lipinski definition) is 0. The van der Waals surface area contributed by atoms with Crippen LogP contribution >= 0.6 is 23.2 Å². The molecule has 33 heavy (non-hydrogen) atoms. The molecule has 0 aliphatic rings. The van der Waals surface area contributed by atoms with E-state index in [0.29, 0.717) is 0 Å². The standard InChI is InChI=1S/C25H18Cl2O6/c1-25(2,15-7-9-19(17(26)13-15)32-23(28)21-5-3-11-30-21)16-8-10-20(18(27)14-16)33-24(29)22-6-4-12-31-22/h3-14H,1-2H3. The van der Waals surface area contributed by atoms with E-state index in [-0.39, 0.29) is 33.1 Å². The summed E-state index contributed by atoms with van der Waals surface area (Å²) in [5.41, 5.74) is 1.21. The van der Waals surface area contributed by atoms with Crippen molar-refractivity contribution in [3.8, 4) is 11.5 Å². The van der Waals surface area contributed by atoms with Gasteiger partial charge in [0.05, 0.1) is 22.6 Å². The molecule has 2 aromatic carbocycles. The highest BCUT2D eigenvalue weighted by atomic mass is 35.5. The quantitative estimate of drug-likeness (QED) is 0.217. The Labute approximate surface area is 199 Å². The van der Waals surface area contributed by atoms with Gasteiger partial charge in [0.1, 0.15) is 11.5 Å². The minimum atomic E-state index is -0.639. The molecule has 8 heteroatoms. The van der Waals surface area contributed by atoms with Crippen LogP contribution in [-0.4, -0.2) is 11.9 Å². The Kier molecular flexibility index (Phi) is 6.31. The van der Waals surface area contributed by atoms with Gasteiger partial charge in [-0.05, 0) is 59.7 Å². The summed E-state index contributed by atoms with van der Waals surface area (Å²) in [6.45, 7) is 3.99. The Bertz CT molecular complexity index is 1190. The Morgan fingerprint density at radius 2 is 1.15 bits per heavy atom. The molecule has 0 N–H and O–H groups in total. The summed E-state index contributed by atoms with van der Waals surface area (Å²) in [4.78, 5) is 24.2. The number of halogens is 2. The summed E-state index contributed by atoms with van der Waals surface area (Å²) in [6.07, 6.45) is 2.77. The molecule has 4 aromatic rings. The van der Waals surface area contributed by atoms with Crippen molar-refractivity contribution in [2.24, 2.45) is 0 Å². The van der Waals surface area contributed by atoms with Gasteiger partial charge in [-0.2, -0.15) is 0 Å². The second kappa shape index (κ2) is 9.17. The Morgan fingerprint density at radius 3 is 1.48 bits per heavy atom. The van der Waals surface area contributed by atoms with Crippen LogP contribution in [0.4, 0.5) is 0 Å². The number of carbonyl (C=O) groups is 2. The summed E-state index contributed by atoms with van der Waals surface area (Å²) in [5, 5.41) is 0.547. The fraction of sp³-hybridized carbons (Fsp3) is 0.120. The number of hydrogen-bond acceptors (Lipinski definition) is 6. The molecule has 0 aliphatic carbocycles. The number of esters is 2. The minimum absolute atomic E-state index is 0.0814. The van der Waals surface area contributed by atoms with Crippen LogP contribution < -0.4 is 9.47 Å². The molecule has 0 radical (unpaired) electrons. The lowest BCUT2D eigenvalue weighted by atomic mass is 9.78. The SMILES string of the molecule is CC(C)(c1ccc(OC(=O)c2ccco2)c(Cl)c1)c1ccc(OC(=O)c2ccco2)c(Cl)c1. The van der Waals surface area contributed by atoms with Crippen LogP contribution in [0.1, 0.15) is 46.1 Å². The van der Waals surface area contributed by atoms with Gasteiger partial charge in [-0.1, -0.05) is 49.2 Å². The van der Waals surface area contributed by atoms with Gasteiger partial charge >= 0.3 is 11.9 Å².